The van der Waals surface area contributed by atoms with Crippen LogP contribution in [0.3, 0.4) is 0 Å². The van der Waals surface area contributed by atoms with E-state index >= 15 is 0 Å². The Morgan fingerprint density at radius 3 is 2.94 bits per heavy atom. The molecule has 1 aromatic carbocycles. The van der Waals surface area contributed by atoms with Crippen molar-refractivity contribution < 1.29 is 14.4 Å². The molecule has 3 amide bonds. The first-order chi connectivity index (χ1) is 15.0. The molecular weight excluding hydrogens is 396 g/mol. The van der Waals surface area contributed by atoms with Crippen molar-refractivity contribution >= 4 is 17.7 Å². The minimum Gasteiger partial charge on any atom is -0.322 e. The van der Waals surface area contributed by atoms with Gasteiger partial charge in [0.05, 0.1) is 18.4 Å². The van der Waals surface area contributed by atoms with E-state index in [0.717, 1.165) is 43.9 Å². The first kappa shape index (κ1) is 19.9. The van der Waals surface area contributed by atoms with Crippen LogP contribution in [0, 0.1) is 0 Å². The van der Waals surface area contributed by atoms with Crippen LogP contribution >= 0.6 is 0 Å². The SMILES string of the molecule is CN(Cc1ccc2c(c1)CN(C1CCC(=O)NC1=O)C2=O)Cc1cnn2c1CNCC2. The fraction of sp³-hybridized carbons (Fsp3) is 0.455. The maximum atomic E-state index is 12.8. The van der Waals surface area contributed by atoms with Gasteiger partial charge in [-0.1, -0.05) is 12.1 Å². The molecule has 3 aliphatic rings. The van der Waals surface area contributed by atoms with E-state index in [-0.39, 0.29) is 24.1 Å². The largest absolute Gasteiger partial charge is 0.322 e. The highest BCUT2D eigenvalue weighted by Crippen LogP contribution is 2.28. The number of nitrogens with one attached hydrogen (secondary N) is 2. The predicted octanol–water partition coefficient (Wildman–Crippen LogP) is 0.379. The van der Waals surface area contributed by atoms with Gasteiger partial charge in [0.2, 0.25) is 11.8 Å². The van der Waals surface area contributed by atoms with E-state index in [2.05, 4.69) is 38.4 Å². The predicted molar refractivity (Wildman–Crippen MR) is 112 cm³/mol. The lowest BCUT2D eigenvalue weighted by Gasteiger charge is -2.29. The molecule has 1 saturated heterocycles. The lowest BCUT2D eigenvalue weighted by molar-refractivity contribution is -0.136. The summed E-state index contributed by atoms with van der Waals surface area (Å²) in [5.41, 5.74) is 5.19. The van der Waals surface area contributed by atoms with Gasteiger partial charge < -0.3 is 10.2 Å². The van der Waals surface area contributed by atoms with E-state index in [9.17, 15) is 14.4 Å². The molecule has 0 aliphatic carbocycles. The Labute approximate surface area is 180 Å². The summed E-state index contributed by atoms with van der Waals surface area (Å²) in [5, 5.41) is 10.2. The summed E-state index contributed by atoms with van der Waals surface area (Å²) in [6, 6.07) is 5.32. The fourth-order valence-electron chi connectivity index (χ4n) is 4.76. The molecule has 0 radical (unpaired) electrons. The summed E-state index contributed by atoms with van der Waals surface area (Å²) >= 11 is 0. The van der Waals surface area contributed by atoms with E-state index in [1.165, 1.54) is 11.3 Å². The zero-order chi connectivity index (χ0) is 21.5. The number of fused-ring (bicyclic) bond motifs is 2. The van der Waals surface area contributed by atoms with Crippen molar-refractivity contribution in [2.75, 3.05) is 13.6 Å². The highest BCUT2D eigenvalue weighted by Gasteiger charge is 2.39. The highest BCUT2D eigenvalue weighted by molar-refractivity contribution is 6.05. The number of piperidine rings is 1. The van der Waals surface area contributed by atoms with E-state index < -0.39 is 6.04 Å². The van der Waals surface area contributed by atoms with Crippen LogP contribution in [0.1, 0.15) is 45.6 Å². The monoisotopic (exact) mass is 422 g/mol. The van der Waals surface area contributed by atoms with E-state index in [4.69, 9.17) is 0 Å². The Morgan fingerprint density at radius 2 is 2.10 bits per heavy atom. The number of carbonyl (C=O) groups excluding carboxylic acids is 3. The second kappa shape index (κ2) is 7.90. The van der Waals surface area contributed by atoms with Gasteiger partial charge in [-0.3, -0.25) is 29.3 Å². The van der Waals surface area contributed by atoms with Crippen LogP contribution in [0.5, 0.6) is 0 Å². The fourth-order valence-corrected chi connectivity index (χ4v) is 4.76. The van der Waals surface area contributed by atoms with Gasteiger partial charge in [0, 0.05) is 50.3 Å². The molecular formula is C22H26N6O3. The Hall–Kier alpha value is -3.04. The minimum absolute atomic E-state index is 0.136. The molecule has 0 saturated carbocycles. The van der Waals surface area contributed by atoms with Crippen molar-refractivity contribution in [2.24, 2.45) is 0 Å². The number of imide groups is 1. The number of hydrogen-bond donors (Lipinski definition) is 2. The van der Waals surface area contributed by atoms with Crippen LogP contribution < -0.4 is 10.6 Å². The summed E-state index contributed by atoms with van der Waals surface area (Å²) in [6.45, 7) is 4.66. The number of carbonyl (C=O) groups is 3. The van der Waals surface area contributed by atoms with Gasteiger partial charge in [-0.05, 0) is 30.7 Å². The number of hydrogen-bond acceptors (Lipinski definition) is 6. The molecule has 0 spiro atoms. The lowest BCUT2D eigenvalue weighted by atomic mass is 10.0. The maximum absolute atomic E-state index is 12.8. The van der Waals surface area contributed by atoms with Crippen LogP contribution in [0.2, 0.25) is 0 Å². The van der Waals surface area contributed by atoms with E-state index in [1.54, 1.807) is 4.90 Å². The Bertz CT molecular complexity index is 1060. The molecule has 9 nitrogen and oxygen atoms in total. The summed E-state index contributed by atoms with van der Waals surface area (Å²) in [6.07, 6.45) is 2.60. The number of rotatable bonds is 5. The zero-order valence-corrected chi connectivity index (χ0v) is 17.6. The number of benzene rings is 1. The second-order valence-corrected chi connectivity index (χ2v) is 8.58. The van der Waals surface area contributed by atoms with Crippen molar-refractivity contribution in [3.8, 4) is 0 Å². The molecule has 1 unspecified atom stereocenters. The highest BCUT2D eigenvalue weighted by atomic mass is 16.2. The molecule has 0 bridgehead atoms. The van der Waals surface area contributed by atoms with Crippen molar-refractivity contribution in [3.05, 3.63) is 52.3 Å². The van der Waals surface area contributed by atoms with Gasteiger partial charge in [-0.25, -0.2) is 0 Å². The number of aromatic nitrogens is 2. The van der Waals surface area contributed by atoms with Crippen LogP contribution in [0.25, 0.3) is 0 Å². The molecule has 2 N–H and O–H groups in total. The summed E-state index contributed by atoms with van der Waals surface area (Å²) in [7, 11) is 2.08. The van der Waals surface area contributed by atoms with Crippen LogP contribution in [-0.2, 0) is 42.3 Å². The average molecular weight is 422 g/mol. The van der Waals surface area contributed by atoms with Crippen LogP contribution in [0.15, 0.2) is 24.4 Å². The third-order valence-corrected chi connectivity index (χ3v) is 6.31. The lowest BCUT2D eigenvalue weighted by Crippen LogP contribution is -2.52. The van der Waals surface area contributed by atoms with E-state index in [0.29, 0.717) is 18.5 Å². The van der Waals surface area contributed by atoms with Crippen LogP contribution in [0.4, 0.5) is 0 Å². The van der Waals surface area contributed by atoms with Gasteiger partial charge in [0.1, 0.15) is 6.04 Å². The zero-order valence-electron chi connectivity index (χ0n) is 17.6. The first-order valence-electron chi connectivity index (χ1n) is 10.7. The molecule has 31 heavy (non-hydrogen) atoms. The van der Waals surface area contributed by atoms with Crippen molar-refractivity contribution in [1.82, 2.24) is 30.2 Å². The molecule has 5 rings (SSSR count). The van der Waals surface area contributed by atoms with Crippen molar-refractivity contribution in [3.63, 3.8) is 0 Å². The maximum Gasteiger partial charge on any atom is 0.255 e. The molecule has 1 atom stereocenters. The minimum atomic E-state index is -0.578. The smallest absolute Gasteiger partial charge is 0.255 e. The molecule has 1 aromatic heterocycles. The Balaban J connectivity index is 1.26. The molecule has 9 heteroatoms. The molecule has 2 aromatic rings. The number of amides is 3. The third-order valence-electron chi connectivity index (χ3n) is 6.31. The van der Waals surface area contributed by atoms with Gasteiger partial charge in [0.15, 0.2) is 0 Å². The summed E-state index contributed by atoms with van der Waals surface area (Å²) in [5.74, 6) is -0.786. The normalized spacial score (nSPS) is 20.8. The number of nitrogens with zero attached hydrogens (tertiary/aromatic N) is 4. The third kappa shape index (κ3) is 3.75. The van der Waals surface area contributed by atoms with Gasteiger partial charge in [0.25, 0.3) is 5.91 Å². The molecule has 3 aliphatic heterocycles. The van der Waals surface area contributed by atoms with Crippen molar-refractivity contribution in [2.45, 2.75) is 51.6 Å². The standard InChI is InChI=1S/C22H26N6O3/c1-26(12-16-9-24-28-7-6-23-10-19(16)28)11-14-2-3-17-15(8-14)13-27(22(17)31)18-4-5-20(29)25-21(18)30/h2-3,8-9,18,23H,4-7,10-13H2,1H3,(H,25,29,30). The first-order valence-corrected chi connectivity index (χ1v) is 10.7. The van der Waals surface area contributed by atoms with Gasteiger partial charge >= 0.3 is 0 Å². The summed E-state index contributed by atoms with van der Waals surface area (Å²) < 4.78 is 2.07. The van der Waals surface area contributed by atoms with Crippen LogP contribution in [-0.4, -0.2) is 56.9 Å². The Morgan fingerprint density at radius 1 is 1.23 bits per heavy atom. The quantitative estimate of drug-likeness (QED) is 0.676. The molecule has 162 valence electrons. The average Bonchev–Trinajstić information content (AvgIpc) is 3.29. The Kier molecular flexibility index (Phi) is 5.07. The summed E-state index contributed by atoms with van der Waals surface area (Å²) in [4.78, 5) is 40.3. The van der Waals surface area contributed by atoms with Crippen molar-refractivity contribution in [1.29, 1.82) is 0 Å². The van der Waals surface area contributed by atoms with E-state index in [1.807, 2.05) is 18.3 Å². The van der Waals surface area contributed by atoms with Gasteiger partial charge in [-0.2, -0.15) is 5.10 Å². The molecule has 4 heterocycles. The topological polar surface area (TPSA) is 99.6 Å². The molecule has 1 fully saturated rings. The van der Waals surface area contributed by atoms with Gasteiger partial charge in [-0.15, -0.1) is 0 Å². The second-order valence-electron chi connectivity index (χ2n) is 8.58.